The van der Waals surface area contributed by atoms with Gasteiger partial charge >= 0.3 is 0 Å². The summed E-state index contributed by atoms with van der Waals surface area (Å²) < 4.78 is 0. The molecule has 2 rings (SSSR count). The molecule has 120 valence electrons. The summed E-state index contributed by atoms with van der Waals surface area (Å²) in [6.45, 7) is 0.640. The Morgan fingerprint density at radius 1 is 0.826 bits per heavy atom. The average molecular weight is 372 g/mol. The Kier molecular flexibility index (Phi) is 14.7. The third kappa shape index (κ3) is 13.3. The molecule has 2 N–H and O–H groups in total. The van der Waals surface area contributed by atoms with E-state index in [0.717, 1.165) is 12.8 Å². The van der Waals surface area contributed by atoms with Crippen LogP contribution in [0.25, 0.3) is 0 Å². The predicted octanol–water partition coefficient (Wildman–Crippen LogP) is 4.58. The Balaban J connectivity index is 0.000000354. The van der Waals surface area contributed by atoms with E-state index in [9.17, 15) is 0 Å². The number of nitrogens with two attached hydrogens (primary N) is 1. The van der Waals surface area contributed by atoms with Gasteiger partial charge in [-0.15, -0.1) is 0 Å². The molecule has 0 atom stereocenters. The molecule has 0 saturated carbocycles. The Morgan fingerprint density at radius 3 is 1.65 bits per heavy atom. The first-order valence-corrected chi connectivity index (χ1v) is 8.48. The van der Waals surface area contributed by atoms with Gasteiger partial charge in [0.25, 0.3) is 0 Å². The van der Waals surface area contributed by atoms with Crippen LogP contribution < -0.4 is 5.73 Å². The van der Waals surface area contributed by atoms with Crippen molar-refractivity contribution >= 4 is 15.9 Å². The second-order valence-corrected chi connectivity index (χ2v) is 5.04. The zero-order chi connectivity index (χ0) is 17.2. The topological polar surface area (TPSA) is 73.6 Å². The summed E-state index contributed by atoms with van der Waals surface area (Å²) in [4.78, 5) is 0. The first-order chi connectivity index (χ1) is 11.3. The van der Waals surface area contributed by atoms with Crippen LogP contribution in [0.1, 0.15) is 24.0 Å². The predicted molar refractivity (Wildman–Crippen MR) is 98.7 cm³/mol. The van der Waals surface area contributed by atoms with Gasteiger partial charge < -0.3 is 5.73 Å². The van der Waals surface area contributed by atoms with Crippen LogP contribution in [-0.2, 0) is 13.0 Å². The number of unbranched alkanes of at least 4 members (excludes halogenated alkanes) is 1. The lowest BCUT2D eigenvalue weighted by Gasteiger charge is -1.95. The molecule has 23 heavy (non-hydrogen) atoms. The third-order valence-corrected chi connectivity index (χ3v) is 2.99. The maximum atomic E-state index is 8.29. The van der Waals surface area contributed by atoms with E-state index in [1.165, 1.54) is 11.1 Å². The van der Waals surface area contributed by atoms with Gasteiger partial charge in [-0.25, -0.2) is 0 Å². The Hall–Kier alpha value is -2.14. The van der Waals surface area contributed by atoms with Gasteiger partial charge in [0.15, 0.2) is 0 Å². The largest absolute Gasteiger partial charge is 0.326 e. The highest BCUT2D eigenvalue weighted by atomic mass is 79.9. The van der Waals surface area contributed by atoms with Crippen LogP contribution >= 0.6 is 15.9 Å². The average Bonchev–Trinajstić information content (AvgIpc) is 2.64. The van der Waals surface area contributed by atoms with Crippen molar-refractivity contribution in [1.29, 1.82) is 10.5 Å². The van der Waals surface area contributed by atoms with Gasteiger partial charge in [0.05, 0.1) is 17.5 Å². The quantitative estimate of drug-likeness (QED) is 0.630. The van der Waals surface area contributed by atoms with E-state index in [-0.39, 0.29) is 0 Å². The van der Waals surface area contributed by atoms with Crippen LogP contribution in [-0.4, -0.2) is 5.33 Å². The lowest BCUT2D eigenvalue weighted by atomic mass is 10.1. The molecule has 2 aromatic carbocycles. The first-order valence-electron chi connectivity index (χ1n) is 7.36. The Labute approximate surface area is 147 Å². The second-order valence-electron chi connectivity index (χ2n) is 4.48. The van der Waals surface area contributed by atoms with E-state index in [0.29, 0.717) is 18.3 Å². The van der Waals surface area contributed by atoms with Crippen LogP contribution in [0.3, 0.4) is 0 Å². The van der Waals surface area contributed by atoms with Crippen molar-refractivity contribution in [2.45, 2.75) is 25.8 Å². The zero-order valence-electron chi connectivity index (χ0n) is 13.2. The normalized spacial score (nSPS) is 8.35. The number of alkyl halides is 1. The number of aryl methyl sites for hydroxylation is 1. The van der Waals surface area contributed by atoms with E-state index in [4.69, 9.17) is 16.3 Å². The van der Waals surface area contributed by atoms with Gasteiger partial charge in [-0.3, -0.25) is 0 Å². The van der Waals surface area contributed by atoms with Crippen molar-refractivity contribution in [3.63, 3.8) is 0 Å². The second kappa shape index (κ2) is 16.2. The van der Waals surface area contributed by atoms with Crippen molar-refractivity contribution in [3.8, 4) is 12.1 Å². The van der Waals surface area contributed by atoms with Crippen molar-refractivity contribution in [1.82, 2.24) is 0 Å². The number of nitrogens with zero attached hydrogens (tertiary/aromatic N) is 2. The number of benzene rings is 2. The summed E-state index contributed by atoms with van der Waals surface area (Å²) in [6, 6.07) is 24.2. The lowest BCUT2D eigenvalue weighted by Crippen LogP contribution is -1.94. The monoisotopic (exact) mass is 371 g/mol. The molecular weight excluding hydrogens is 350 g/mol. The molecule has 0 bridgehead atoms. The van der Waals surface area contributed by atoms with Crippen molar-refractivity contribution in [3.05, 3.63) is 71.8 Å². The molecule has 3 nitrogen and oxygen atoms in total. The van der Waals surface area contributed by atoms with Crippen LogP contribution in [0.4, 0.5) is 0 Å². The van der Waals surface area contributed by atoms with Gasteiger partial charge in [-0.1, -0.05) is 76.6 Å². The van der Waals surface area contributed by atoms with Gasteiger partial charge in [0, 0.05) is 13.0 Å². The van der Waals surface area contributed by atoms with E-state index >= 15 is 0 Å². The molecule has 0 aliphatic heterocycles. The number of rotatable bonds is 4. The molecule has 0 spiro atoms. The number of halogens is 1. The first kappa shape index (κ1) is 20.9. The minimum atomic E-state index is 0.438. The maximum absolute atomic E-state index is 8.29. The molecular formula is C19H22BrN3. The lowest BCUT2D eigenvalue weighted by molar-refractivity contribution is 0.850. The molecule has 0 radical (unpaired) electrons. The van der Waals surface area contributed by atoms with Crippen molar-refractivity contribution in [2.24, 2.45) is 5.73 Å². The smallest absolute Gasteiger partial charge is 0.0905 e. The third-order valence-electron chi connectivity index (χ3n) is 2.74. The van der Waals surface area contributed by atoms with Crippen LogP contribution in [0, 0.1) is 22.7 Å². The highest BCUT2D eigenvalue weighted by molar-refractivity contribution is 9.09. The Bertz CT molecular complexity index is 571. The Morgan fingerprint density at radius 2 is 1.30 bits per heavy atom. The number of hydrogen-bond acceptors (Lipinski definition) is 3. The summed E-state index contributed by atoms with van der Waals surface area (Å²) in [5.41, 5.74) is 7.86. The molecule has 0 aliphatic carbocycles. The van der Waals surface area contributed by atoms with E-state index in [2.05, 4.69) is 34.1 Å². The summed E-state index contributed by atoms with van der Waals surface area (Å²) >= 11 is 2.89. The number of hydrogen-bond donors (Lipinski definition) is 1. The minimum Gasteiger partial charge on any atom is -0.326 e. The fourth-order valence-corrected chi connectivity index (χ4v) is 1.63. The van der Waals surface area contributed by atoms with E-state index in [1.807, 2.05) is 54.6 Å². The summed E-state index contributed by atoms with van der Waals surface area (Å²) in [7, 11) is 0. The van der Waals surface area contributed by atoms with Gasteiger partial charge in [-0.2, -0.15) is 10.5 Å². The van der Waals surface area contributed by atoms with Crippen molar-refractivity contribution in [2.75, 3.05) is 5.33 Å². The highest BCUT2D eigenvalue weighted by Gasteiger charge is 1.89. The van der Waals surface area contributed by atoms with E-state index < -0.39 is 0 Å². The summed E-state index contributed by atoms with van der Waals surface area (Å²) in [5.74, 6) is 0. The number of nitriles is 2. The molecule has 0 aliphatic rings. The van der Waals surface area contributed by atoms with Gasteiger partial charge in [0.2, 0.25) is 0 Å². The molecule has 2 aromatic rings. The highest BCUT2D eigenvalue weighted by Crippen LogP contribution is 2.03. The van der Waals surface area contributed by atoms with Crippen molar-refractivity contribution < 1.29 is 0 Å². The molecule has 0 fully saturated rings. The SMILES string of the molecule is N#CCBr.N#CCCCc1ccccc1.NCc1ccccc1. The summed E-state index contributed by atoms with van der Waals surface area (Å²) in [5, 5.41) is 16.3. The summed E-state index contributed by atoms with van der Waals surface area (Å²) in [6.07, 6.45) is 2.66. The molecule has 0 aromatic heterocycles. The van der Waals surface area contributed by atoms with Crippen LogP contribution in [0.2, 0.25) is 0 Å². The van der Waals surface area contributed by atoms with Gasteiger partial charge in [-0.05, 0) is 24.0 Å². The fourth-order valence-electron chi connectivity index (χ4n) is 1.63. The molecule has 0 unspecified atom stereocenters. The van der Waals surface area contributed by atoms with Crippen LogP contribution in [0.15, 0.2) is 60.7 Å². The van der Waals surface area contributed by atoms with Crippen LogP contribution in [0.5, 0.6) is 0 Å². The molecule has 0 amide bonds. The van der Waals surface area contributed by atoms with E-state index in [1.54, 1.807) is 0 Å². The molecule has 4 heteroatoms. The fraction of sp³-hybridized carbons (Fsp3) is 0.263. The molecule has 0 saturated heterocycles. The minimum absolute atomic E-state index is 0.438. The van der Waals surface area contributed by atoms with Gasteiger partial charge in [0.1, 0.15) is 0 Å². The zero-order valence-corrected chi connectivity index (χ0v) is 14.7. The molecule has 0 heterocycles. The standard InChI is InChI=1S/C10H11N.C7H9N.C2H2BrN/c11-9-5-4-8-10-6-2-1-3-7-10;8-6-7-4-2-1-3-5-7;3-1-2-4/h1-3,6-7H,4-5,8H2;1-5H,6,8H2;1H2. The maximum Gasteiger partial charge on any atom is 0.0905 e.